The van der Waals surface area contributed by atoms with E-state index in [1.807, 2.05) is 48.5 Å². The number of aromatic nitrogens is 2. The van der Waals surface area contributed by atoms with Gasteiger partial charge in [0.15, 0.2) is 0 Å². The molecule has 0 spiro atoms. The summed E-state index contributed by atoms with van der Waals surface area (Å²) >= 11 is 7.07. The van der Waals surface area contributed by atoms with Gasteiger partial charge in [0.2, 0.25) is 0 Å². The Bertz CT molecular complexity index is 1050. The molecule has 0 aliphatic carbocycles. The van der Waals surface area contributed by atoms with E-state index >= 15 is 0 Å². The van der Waals surface area contributed by atoms with Crippen molar-refractivity contribution < 1.29 is 0 Å². The third kappa shape index (κ3) is 3.62. The van der Waals surface area contributed by atoms with Crippen molar-refractivity contribution in [1.29, 1.82) is 0 Å². The van der Waals surface area contributed by atoms with E-state index in [2.05, 4.69) is 67.2 Å². The maximum absolute atomic E-state index is 4.96. The first-order valence-corrected chi connectivity index (χ1v) is 9.74. The van der Waals surface area contributed by atoms with Gasteiger partial charge in [0.05, 0.1) is 17.1 Å². The van der Waals surface area contributed by atoms with Crippen LogP contribution < -0.4 is 0 Å². The number of halogens is 2. The summed E-state index contributed by atoms with van der Waals surface area (Å²) in [4.78, 5) is 9.40. The van der Waals surface area contributed by atoms with E-state index in [1.54, 1.807) is 6.20 Å². The second kappa shape index (κ2) is 7.52. The van der Waals surface area contributed by atoms with Crippen molar-refractivity contribution in [3.05, 3.63) is 94.0 Å². The zero-order valence-corrected chi connectivity index (χ0v) is 16.9. The van der Waals surface area contributed by atoms with E-state index < -0.39 is 0 Å². The third-order valence-electron chi connectivity index (χ3n) is 4.08. The summed E-state index contributed by atoms with van der Waals surface area (Å²) in [7, 11) is 0. The largest absolute Gasteiger partial charge is 0.255 e. The molecule has 126 valence electrons. The van der Waals surface area contributed by atoms with Gasteiger partial charge in [-0.3, -0.25) is 4.98 Å². The Hall–Kier alpha value is -2.30. The van der Waals surface area contributed by atoms with E-state index in [9.17, 15) is 0 Å². The number of rotatable bonds is 3. The molecule has 2 heterocycles. The lowest BCUT2D eigenvalue weighted by Crippen LogP contribution is -1.94. The minimum atomic E-state index is 0.862. The molecule has 2 nitrogen and oxygen atoms in total. The van der Waals surface area contributed by atoms with Crippen LogP contribution in [0, 0.1) is 0 Å². The zero-order chi connectivity index (χ0) is 17.9. The monoisotopic (exact) mass is 464 g/mol. The van der Waals surface area contributed by atoms with Gasteiger partial charge in [-0.1, -0.05) is 62.2 Å². The van der Waals surface area contributed by atoms with Crippen LogP contribution in [0.15, 0.2) is 94.0 Å². The summed E-state index contributed by atoms with van der Waals surface area (Å²) in [5.74, 6) is 0. The second-order valence-electron chi connectivity index (χ2n) is 5.82. The Balaban J connectivity index is 1.92. The van der Waals surface area contributed by atoms with Gasteiger partial charge in [0.25, 0.3) is 0 Å². The van der Waals surface area contributed by atoms with Crippen molar-refractivity contribution in [2.24, 2.45) is 0 Å². The van der Waals surface area contributed by atoms with Crippen molar-refractivity contribution >= 4 is 31.9 Å². The van der Waals surface area contributed by atoms with Gasteiger partial charge in [-0.25, -0.2) is 4.98 Å². The summed E-state index contributed by atoms with van der Waals surface area (Å²) < 4.78 is 2.09. The summed E-state index contributed by atoms with van der Waals surface area (Å²) in [6, 6.07) is 26.5. The fourth-order valence-electron chi connectivity index (χ4n) is 2.83. The normalized spacial score (nSPS) is 10.7. The third-order valence-corrected chi connectivity index (χ3v) is 5.10. The topological polar surface area (TPSA) is 25.8 Å². The highest BCUT2D eigenvalue weighted by Gasteiger charge is 2.12. The average Bonchev–Trinajstić information content (AvgIpc) is 2.69. The minimum Gasteiger partial charge on any atom is -0.255 e. The molecule has 0 fully saturated rings. The quantitative estimate of drug-likeness (QED) is 0.325. The van der Waals surface area contributed by atoms with Gasteiger partial charge < -0.3 is 0 Å². The molecular weight excluding hydrogens is 452 g/mol. The molecule has 0 saturated carbocycles. The van der Waals surface area contributed by atoms with E-state index in [-0.39, 0.29) is 0 Å². The summed E-state index contributed by atoms with van der Waals surface area (Å²) in [6.07, 6.45) is 1.79. The van der Waals surface area contributed by atoms with Crippen molar-refractivity contribution in [2.45, 2.75) is 0 Å². The molecule has 0 bridgehead atoms. The molecule has 0 aliphatic heterocycles. The standard InChI is InChI=1S/C22H14Br2N2/c23-17-9-7-15(8-10-17)19-11-12-21(20-6-1-2-13-25-20)26-22(19)16-4-3-5-18(24)14-16/h1-14H. The lowest BCUT2D eigenvalue weighted by Gasteiger charge is -2.12. The molecule has 0 aliphatic rings. The summed E-state index contributed by atoms with van der Waals surface area (Å²) in [6.45, 7) is 0. The first-order valence-electron chi connectivity index (χ1n) is 8.15. The molecule has 4 rings (SSSR count). The molecule has 26 heavy (non-hydrogen) atoms. The lowest BCUT2D eigenvalue weighted by atomic mass is 9.98. The average molecular weight is 466 g/mol. The lowest BCUT2D eigenvalue weighted by molar-refractivity contribution is 1.25. The summed E-state index contributed by atoms with van der Waals surface area (Å²) in [5, 5.41) is 0. The molecule has 0 unspecified atom stereocenters. The van der Waals surface area contributed by atoms with E-state index in [1.165, 1.54) is 0 Å². The van der Waals surface area contributed by atoms with Crippen molar-refractivity contribution in [1.82, 2.24) is 9.97 Å². The molecule has 0 radical (unpaired) electrons. The fraction of sp³-hybridized carbons (Fsp3) is 0. The van der Waals surface area contributed by atoms with Crippen LogP contribution in [-0.4, -0.2) is 9.97 Å². The number of benzene rings is 2. The molecule has 0 saturated heterocycles. The van der Waals surface area contributed by atoms with Crippen LogP contribution in [0.4, 0.5) is 0 Å². The molecule has 4 aromatic rings. The highest BCUT2D eigenvalue weighted by atomic mass is 79.9. The van der Waals surface area contributed by atoms with Crippen LogP contribution in [0.3, 0.4) is 0 Å². The molecule has 2 aromatic heterocycles. The van der Waals surface area contributed by atoms with Gasteiger partial charge in [-0.15, -0.1) is 0 Å². The SMILES string of the molecule is Brc1ccc(-c2ccc(-c3ccccn3)nc2-c2cccc(Br)c2)cc1. The van der Waals surface area contributed by atoms with Crippen LogP contribution in [0.25, 0.3) is 33.8 Å². The number of nitrogens with zero attached hydrogens (tertiary/aromatic N) is 2. The zero-order valence-electron chi connectivity index (χ0n) is 13.7. The van der Waals surface area contributed by atoms with E-state index in [0.29, 0.717) is 0 Å². The number of hydrogen-bond donors (Lipinski definition) is 0. The molecular formula is C22H14Br2N2. The molecule has 0 atom stereocenters. The Morgan fingerprint density at radius 1 is 0.615 bits per heavy atom. The highest BCUT2D eigenvalue weighted by Crippen LogP contribution is 2.34. The van der Waals surface area contributed by atoms with Crippen LogP contribution >= 0.6 is 31.9 Å². The first-order chi connectivity index (χ1) is 12.7. The van der Waals surface area contributed by atoms with Gasteiger partial charge >= 0.3 is 0 Å². The number of pyridine rings is 2. The van der Waals surface area contributed by atoms with Gasteiger partial charge in [-0.2, -0.15) is 0 Å². The van der Waals surface area contributed by atoms with Crippen LogP contribution in [0.2, 0.25) is 0 Å². The van der Waals surface area contributed by atoms with Gasteiger partial charge in [0, 0.05) is 26.3 Å². The minimum absolute atomic E-state index is 0.862. The number of hydrogen-bond acceptors (Lipinski definition) is 2. The molecule has 4 heteroatoms. The first kappa shape index (κ1) is 17.1. The highest BCUT2D eigenvalue weighted by molar-refractivity contribution is 9.10. The fourth-order valence-corrected chi connectivity index (χ4v) is 3.50. The smallest absolute Gasteiger partial charge is 0.0894 e. The molecule has 2 aromatic carbocycles. The Labute approximate surface area is 169 Å². The predicted octanol–water partition coefficient (Wildman–Crippen LogP) is 7.00. The van der Waals surface area contributed by atoms with Gasteiger partial charge in [-0.05, 0) is 54.1 Å². The van der Waals surface area contributed by atoms with Crippen LogP contribution in [0.5, 0.6) is 0 Å². The second-order valence-corrected chi connectivity index (χ2v) is 7.66. The van der Waals surface area contributed by atoms with Crippen LogP contribution in [0.1, 0.15) is 0 Å². The van der Waals surface area contributed by atoms with Crippen molar-refractivity contribution in [2.75, 3.05) is 0 Å². The van der Waals surface area contributed by atoms with Crippen molar-refractivity contribution in [3.8, 4) is 33.8 Å². The summed E-state index contributed by atoms with van der Waals surface area (Å²) in [5.41, 5.74) is 5.96. The van der Waals surface area contributed by atoms with Gasteiger partial charge in [0.1, 0.15) is 0 Å². The molecule has 0 N–H and O–H groups in total. The predicted molar refractivity (Wildman–Crippen MR) is 114 cm³/mol. The van der Waals surface area contributed by atoms with Crippen LogP contribution in [-0.2, 0) is 0 Å². The maximum Gasteiger partial charge on any atom is 0.0894 e. The maximum atomic E-state index is 4.96. The van der Waals surface area contributed by atoms with Crippen molar-refractivity contribution in [3.63, 3.8) is 0 Å². The van der Waals surface area contributed by atoms with E-state index in [0.717, 1.165) is 42.7 Å². The Morgan fingerprint density at radius 3 is 2.19 bits per heavy atom. The molecule has 0 amide bonds. The van der Waals surface area contributed by atoms with E-state index in [4.69, 9.17) is 4.98 Å². The Kier molecular flexibility index (Phi) is 4.96. The Morgan fingerprint density at radius 2 is 1.46 bits per heavy atom.